The SMILES string of the molecule is CCO/C=C(\C(=O)OCC)P(=O)(OCC)OCC. The van der Waals surface area contributed by atoms with E-state index in [0.717, 1.165) is 6.26 Å². The van der Waals surface area contributed by atoms with Gasteiger partial charge in [-0.1, -0.05) is 0 Å². The Bertz CT molecular complexity index is 315. The van der Waals surface area contributed by atoms with Crippen LogP contribution in [0.15, 0.2) is 11.6 Å². The van der Waals surface area contributed by atoms with Crippen LogP contribution in [0, 0.1) is 0 Å². The Morgan fingerprint density at radius 3 is 1.94 bits per heavy atom. The molecule has 0 N–H and O–H groups in total. The molecule has 0 heterocycles. The van der Waals surface area contributed by atoms with Crippen molar-refractivity contribution in [2.75, 3.05) is 26.4 Å². The van der Waals surface area contributed by atoms with Gasteiger partial charge in [0.2, 0.25) is 0 Å². The molecule has 0 spiro atoms. The lowest BCUT2D eigenvalue weighted by Crippen LogP contribution is -2.12. The highest BCUT2D eigenvalue weighted by Crippen LogP contribution is 2.56. The fourth-order valence-electron chi connectivity index (χ4n) is 1.11. The highest BCUT2D eigenvalue weighted by atomic mass is 31.2. The number of hydrogen-bond donors (Lipinski definition) is 0. The first-order valence-electron chi connectivity index (χ1n) is 5.94. The van der Waals surface area contributed by atoms with E-state index in [0.29, 0.717) is 6.61 Å². The van der Waals surface area contributed by atoms with Crippen LogP contribution in [0.3, 0.4) is 0 Å². The maximum absolute atomic E-state index is 12.4. The normalized spacial score (nSPS) is 12.3. The van der Waals surface area contributed by atoms with Gasteiger partial charge < -0.3 is 18.5 Å². The molecule has 0 radical (unpaired) electrons. The molecule has 0 aromatic heterocycles. The van der Waals surface area contributed by atoms with Crippen LogP contribution in [0.25, 0.3) is 0 Å². The lowest BCUT2D eigenvalue weighted by atomic mass is 10.6. The van der Waals surface area contributed by atoms with Crippen molar-refractivity contribution < 1.29 is 27.9 Å². The Morgan fingerprint density at radius 2 is 1.56 bits per heavy atom. The smallest absolute Gasteiger partial charge is 0.371 e. The number of esters is 1. The molecule has 0 rings (SSSR count). The Labute approximate surface area is 108 Å². The van der Waals surface area contributed by atoms with E-state index in [1.54, 1.807) is 27.7 Å². The van der Waals surface area contributed by atoms with Gasteiger partial charge in [0.25, 0.3) is 0 Å². The summed E-state index contributed by atoms with van der Waals surface area (Å²) in [5.41, 5.74) is 0. The van der Waals surface area contributed by atoms with Crippen molar-refractivity contribution in [3.63, 3.8) is 0 Å². The molecule has 0 unspecified atom stereocenters. The van der Waals surface area contributed by atoms with Crippen molar-refractivity contribution in [3.8, 4) is 0 Å². The van der Waals surface area contributed by atoms with E-state index in [2.05, 4.69) is 0 Å². The monoisotopic (exact) mass is 280 g/mol. The summed E-state index contributed by atoms with van der Waals surface area (Å²) in [4.78, 5) is 11.7. The van der Waals surface area contributed by atoms with Crippen LogP contribution in [0.2, 0.25) is 0 Å². The number of carbonyl (C=O) groups excluding carboxylic acids is 1. The van der Waals surface area contributed by atoms with E-state index < -0.39 is 13.6 Å². The van der Waals surface area contributed by atoms with Gasteiger partial charge in [0.1, 0.15) is 6.26 Å². The fraction of sp³-hybridized carbons (Fsp3) is 0.727. The molecular weight excluding hydrogens is 259 g/mol. The highest BCUT2D eigenvalue weighted by molar-refractivity contribution is 7.59. The van der Waals surface area contributed by atoms with Gasteiger partial charge in [0.15, 0.2) is 5.31 Å². The third kappa shape index (κ3) is 5.21. The lowest BCUT2D eigenvalue weighted by Gasteiger charge is -2.18. The van der Waals surface area contributed by atoms with E-state index >= 15 is 0 Å². The molecule has 6 nitrogen and oxygen atoms in total. The van der Waals surface area contributed by atoms with Crippen molar-refractivity contribution in [3.05, 3.63) is 11.6 Å². The molecule has 0 saturated carbocycles. The molecule has 18 heavy (non-hydrogen) atoms. The second kappa shape index (κ2) is 9.14. The van der Waals surface area contributed by atoms with Crippen molar-refractivity contribution in [1.29, 1.82) is 0 Å². The molecule has 0 aromatic rings. The zero-order valence-electron chi connectivity index (χ0n) is 11.3. The molecular formula is C11H21O6P. The Hall–Kier alpha value is -0.840. The van der Waals surface area contributed by atoms with E-state index in [4.69, 9.17) is 18.5 Å². The summed E-state index contributed by atoms with van der Waals surface area (Å²) < 4.78 is 32.4. The molecule has 0 fully saturated rings. The number of carbonyl (C=O) groups is 1. The average molecular weight is 280 g/mol. The average Bonchev–Trinajstić information content (AvgIpc) is 2.30. The molecule has 0 saturated heterocycles. The van der Waals surface area contributed by atoms with Gasteiger partial charge in [-0.2, -0.15) is 0 Å². The minimum atomic E-state index is -3.68. The molecule has 0 aromatic carbocycles. The summed E-state index contributed by atoms with van der Waals surface area (Å²) in [6.07, 6.45) is 1.09. The van der Waals surface area contributed by atoms with Crippen molar-refractivity contribution >= 4 is 13.6 Å². The zero-order chi connectivity index (χ0) is 14.0. The summed E-state index contributed by atoms with van der Waals surface area (Å²) >= 11 is 0. The summed E-state index contributed by atoms with van der Waals surface area (Å²) in [6, 6.07) is 0. The topological polar surface area (TPSA) is 71.1 Å². The van der Waals surface area contributed by atoms with Gasteiger partial charge in [-0.15, -0.1) is 0 Å². The van der Waals surface area contributed by atoms with Crippen LogP contribution in [0.5, 0.6) is 0 Å². The van der Waals surface area contributed by atoms with Crippen LogP contribution in [-0.2, 0) is 27.9 Å². The van der Waals surface area contributed by atoms with Crippen molar-refractivity contribution in [2.45, 2.75) is 27.7 Å². The maximum atomic E-state index is 12.4. The highest BCUT2D eigenvalue weighted by Gasteiger charge is 2.36. The van der Waals surface area contributed by atoms with Gasteiger partial charge >= 0.3 is 13.6 Å². The fourth-order valence-corrected chi connectivity index (χ4v) is 2.63. The quantitative estimate of drug-likeness (QED) is 0.280. The summed E-state index contributed by atoms with van der Waals surface area (Å²) in [6.45, 7) is 7.53. The van der Waals surface area contributed by atoms with Gasteiger partial charge in [-0.05, 0) is 27.7 Å². The molecule has 0 aliphatic heterocycles. The third-order valence-electron chi connectivity index (χ3n) is 1.74. The summed E-state index contributed by atoms with van der Waals surface area (Å²) in [5.74, 6) is -0.754. The number of rotatable bonds is 9. The third-order valence-corrected chi connectivity index (χ3v) is 3.81. The molecule has 106 valence electrons. The van der Waals surface area contributed by atoms with E-state index in [1.165, 1.54) is 0 Å². The second-order valence-electron chi connectivity index (χ2n) is 3.01. The molecule has 0 aliphatic rings. The second-order valence-corrected chi connectivity index (χ2v) is 5.01. The van der Waals surface area contributed by atoms with Crippen molar-refractivity contribution in [1.82, 2.24) is 0 Å². The number of ether oxygens (including phenoxy) is 2. The first-order chi connectivity index (χ1) is 8.55. The van der Waals surface area contributed by atoms with Crippen molar-refractivity contribution in [2.24, 2.45) is 0 Å². The lowest BCUT2D eigenvalue weighted by molar-refractivity contribution is -0.138. The first kappa shape index (κ1) is 17.2. The van der Waals surface area contributed by atoms with Crippen LogP contribution < -0.4 is 0 Å². The van der Waals surface area contributed by atoms with E-state index in [-0.39, 0.29) is 25.1 Å². The molecule has 0 atom stereocenters. The summed E-state index contributed by atoms with van der Waals surface area (Å²) in [7, 11) is -3.68. The van der Waals surface area contributed by atoms with Crippen LogP contribution >= 0.6 is 7.60 Å². The van der Waals surface area contributed by atoms with Crippen LogP contribution in [0.4, 0.5) is 0 Å². The minimum absolute atomic E-state index is 0.153. The molecule has 0 bridgehead atoms. The zero-order valence-corrected chi connectivity index (χ0v) is 12.2. The van der Waals surface area contributed by atoms with Crippen LogP contribution in [-0.4, -0.2) is 32.4 Å². The van der Waals surface area contributed by atoms with E-state index in [9.17, 15) is 9.36 Å². The largest absolute Gasteiger partial charge is 0.500 e. The Kier molecular flexibility index (Phi) is 8.71. The minimum Gasteiger partial charge on any atom is -0.500 e. The van der Waals surface area contributed by atoms with Gasteiger partial charge in [-0.25, -0.2) is 4.79 Å². The maximum Gasteiger partial charge on any atom is 0.371 e. The standard InChI is InChI=1S/C11H21O6P/c1-5-14-9-10(11(12)15-6-2)18(13,16-7-3)17-8-4/h9H,5-8H2,1-4H3/b10-9+. The van der Waals surface area contributed by atoms with E-state index in [1.807, 2.05) is 0 Å². The predicted molar refractivity (Wildman–Crippen MR) is 67.2 cm³/mol. The molecule has 0 amide bonds. The van der Waals surface area contributed by atoms with Gasteiger partial charge in [0.05, 0.1) is 26.4 Å². The Morgan fingerprint density at radius 1 is 1.00 bits per heavy atom. The number of hydrogen-bond acceptors (Lipinski definition) is 6. The molecule has 0 aliphatic carbocycles. The predicted octanol–water partition coefficient (Wildman–Crippen LogP) is 2.69. The van der Waals surface area contributed by atoms with Gasteiger partial charge in [0, 0.05) is 0 Å². The molecule has 7 heteroatoms. The first-order valence-corrected chi connectivity index (χ1v) is 7.48. The Balaban J connectivity index is 5.23. The van der Waals surface area contributed by atoms with Gasteiger partial charge in [-0.3, -0.25) is 4.57 Å². The summed E-state index contributed by atoms with van der Waals surface area (Å²) in [5, 5.41) is -0.213. The van der Waals surface area contributed by atoms with Crippen LogP contribution in [0.1, 0.15) is 27.7 Å².